The topological polar surface area (TPSA) is 63.3 Å². The Morgan fingerprint density at radius 2 is 2.00 bits per heavy atom. The van der Waals surface area contributed by atoms with Crippen LogP contribution in [0.5, 0.6) is 0 Å². The van der Waals surface area contributed by atoms with Crippen molar-refractivity contribution in [3.8, 4) is 0 Å². The number of carboxylic acid groups (broad SMARTS) is 1. The van der Waals surface area contributed by atoms with E-state index in [1.54, 1.807) is 13.0 Å². The van der Waals surface area contributed by atoms with Gasteiger partial charge in [0.1, 0.15) is 0 Å². The highest BCUT2D eigenvalue weighted by atomic mass is 16.4. The Balaban J connectivity index is 3.19. The normalized spacial score (nSPS) is 12.5. The van der Waals surface area contributed by atoms with Crippen LogP contribution in [0.2, 0.25) is 0 Å². The van der Waals surface area contributed by atoms with Crippen LogP contribution in [0.1, 0.15) is 29.5 Å². The van der Waals surface area contributed by atoms with E-state index in [-0.39, 0.29) is 0 Å². The lowest BCUT2D eigenvalue weighted by molar-refractivity contribution is -0.138. The van der Waals surface area contributed by atoms with Gasteiger partial charge in [-0.05, 0) is 43.5 Å². The zero-order valence-electron chi connectivity index (χ0n) is 8.66. The molecule has 3 N–H and O–H groups in total. The number of carbonyl (C=O) groups is 1. The summed E-state index contributed by atoms with van der Waals surface area (Å²) in [4.78, 5) is 10.8. The minimum atomic E-state index is -0.826. The summed E-state index contributed by atoms with van der Waals surface area (Å²) >= 11 is 0. The van der Waals surface area contributed by atoms with Crippen LogP contribution in [0.4, 0.5) is 5.69 Å². The summed E-state index contributed by atoms with van der Waals surface area (Å²) in [7, 11) is 0. The van der Waals surface area contributed by atoms with Crippen molar-refractivity contribution in [1.29, 1.82) is 0 Å². The molecule has 3 nitrogen and oxygen atoms in total. The lowest BCUT2D eigenvalue weighted by Gasteiger charge is -2.11. The molecule has 0 amide bonds. The molecule has 0 radical (unpaired) electrons. The standard InChI is InChI=1S/C11H15NO2/c1-6-4-9(8(3)11(13)14)5-10(12)7(6)2/h4-5,8H,12H2,1-3H3,(H,13,14). The third kappa shape index (κ3) is 1.87. The third-order valence-corrected chi connectivity index (χ3v) is 2.60. The maximum atomic E-state index is 10.8. The second-order valence-electron chi connectivity index (χ2n) is 3.61. The molecule has 0 fully saturated rings. The lowest BCUT2D eigenvalue weighted by atomic mass is 9.96. The number of hydrogen-bond donors (Lipinski definition) is 2. The summed E-state index contributed by atoms with van der Waals surface area (Å²) < 4.78 is 0. The molecule has 0 aliphatic heterocycles. The predicted molar refractivity (Wildman–Crippen MR) is 56.4 cm³/mol. The minimum absolute atomic E-state index is 0.503. The first kappa shape index (κ1) is 10.6. The van der Waals surface area contributed by atoms with Crippen molar-refractivity contribution in [2.45, 2.75) is 26.7 Å². The van der Waals surface area contributed by atoms with E-state index in [1.165, 1.54) is 0 Å². The Kier molecular flexibility index (Phi) is 2.79. The second kappa shape index (κ2) is 3.70. The van der Waals surface area contributed by atoms with E-state index < -0.39 is 11.9 Å². The SMILES string of the molecule is Cc1cc(C(C)C(=O)O)cc(N)c1C. The number of anilines is 1. The molecule has 1 unspecified atom stereocenters. The van der Waals surface area contributed by atoms with Crippen molar-refractivity contribution in [2.75, 3.05) is 5.73 Å². The Morgan fingerprint density at radius 1 is 1.43 bits per heavy atom. The quantitative estimate of drug-likeness (QED) is 0.707. The fraction of sp³-hybridized carbons (Fsp3) is 0.364. The van der Waals surface area contributed by atoms with Gasteiger partial charge in [-0.1, -0.05) is 6.07 Å². The van der Waals surface area contributed by atoms with Crippen LogP contribution < -0.4 is 5.73 Å². The molecule has 0 heterocycles. The largest absolute Gasteiger partial charge is 0.481 e. The molecule has 3 heteroatoms. The zero-order valence-corrected chi connectivity index (χ0v) is 8.66. The average molecular weight is 193 g/mol. The summed E-state index contributed by atoms with van der Waals surface area (Å²) in [6.45, 7) is 5.52. The van der Waals surface area contributed by atoms with Gasteiger partial charge in [0.05, 0.1) is 5.92 Å². The first-order chi connectivity index (χ1) is 6.43. The zero-order chi connectivity index (χ0) is 10.9. The van der Waals surface area contributed by atoms with Gasteiger partial charge in [-0.3, -0.25) is 4.79 Å². The molecule has 76 valence electrons. The number of carboxylic acids is 1. The molecular weight excluding hydrogens is 178 g/mol. The maximum absolute atomic E-state index is 10.8. The molecule has 0 aliphatic carbocycles. The minimum Gasteiger partial charge on any atom is -0.481 e. The summed E-state index contributed by atoms with van der Waals surface area (Å²) in [5.41, 5.74) is 9.24. The van der Waals surface area contributed by atoms with Crippen molar-refractivity contribution in [3.05, 3.63) is 28.8 Å². The van der Waals surface area contributed by atoms with Crippen LogP contribution in [0.3, 0.4) is 0 Å². The highest BCUT2D eigenvalue weighted by Gasteiger charge is 2.15. The summed E-state index contributed by atoms with van der Waals surface area (Å²) in [5, 5.41) is 8.85. The van der Waals surface area contributed by atoms with Crippen molar-refractivity contribution in [2.24, 2.45) is 0 Å². The number of rotatable bonds is 2. The Bertz CT molecular complexity index is 349. The molecule has 1 aromatic carbocycles. The molecule has 0 aromatic heterocycles. The van der Waals surface area contributed by atoms with E-state index >= 15 is 0 Å². The van der Waals surface area contributed by atoms with E-state index in [9.17, 15) is 4.79 Å². The molecule has 14 heavy (non-hydrogen) atoms. The number of benzene rings is 1. The number of nitrogens with two attached hydrogens (primary N) is 1. The van der Waals surface area contributed by atoms with Crippen LogP contribution in [0.25, 0.3) is 0 Å². The number of aryl methyl sites for hydroxylation is 1. The molecule has 0 spiro atoms. The summed E-state index contributed by atoms with van der Waals surface area (Å²) in [6, 6.07) is 3.62. The van der Waals surface area contributed by atoms with E-state index in [2.05, 4.69) is 0 Å². The van der Waals surface area contributed by atoms with E-state index in [1.807, 2.05) is 19.9 Å². The monoisotopic (exact) mass is 193 g/mol. The van der Waals surface area contributed by atoms with E-state index in [4.69, 9.17) is 10.8 Å². The number of hydrogen-bond acceptors (Lipinski definition) is 2. The Morgan fingerprint density at radius 3 is 2.43 bits per heavy atom. The summed E-state index contributed by atoms with van der Waals surface area (Å²) in [5.74, 6) is -1.33. The van der Waals surface area contributed by atoms with Crippen molar-refractivity contribution in [3.63, 3.8) is 0 Å². The van der Waals surface area contributed by atoms with Crippen molar-refractivity contribution in [1.82, 2.24) is 0 Å². The summed E-state index contributed by atoms with van der Waals surface area (Å²) in [6.07, 6.45) is 0. The van der Waals surface area contributed by atoms with Gasteiger partial charge >= 0.3 is 5.97 Å². The van der Waals surface area contributed by atoms with Crippen LogP contribution in [0.15, 0.2) is 12.1 Å². The van der Waals surface area contributed by atoms with Crippen LogP contribution in [0, 0.1) is 13.8 Å². The predicted octanol–water partition coefficient (Wildman–Crippen LogP) is 2.07. The third-order valence-electron chi connectivity index (χ3n) is 2.60. The number of nitrogen functional groups attached to an aromatic ring is 1. The fourth-order valence-electron chi connectivity index (χ4n) is 1.31. The maximum Gasteiger partial charge on any atom is 0.310 e. The molecule has 0 aliphatic rings. The van der Waals surface area contributed by atoms with Crippen LogP contribution in [-0.4, -0.2) is 11.1 Å². The van der Waals surface area contributed by atoms with Gasteiger partial charge in [0.15, 0.2) is 0 Å². The van der Waals surface area contributed by atoms with Gasteiger partial charge < -0.3 is 10.8 Å². The molecule has 1 atom stereocenters. The molecular formula is C11H15NO2. The molecule has 0 saturated carbocycles. The number of aliphatic carboxylic acids is 1. The molecule has 1 rings (SSSR count). The van der Waals surface area contributed by atoms with Gasteiger partial charge in [-0.2, -0.15) is 0 Å². The van der Waals surface area contributed by atoms with Gasteiger partial charge in [-0.15, -0.1) is 0 Å². The molecule has 0 saturated heterocycles. The Labute approximate surface area is 83.6 Å². The molecule has 0 bridgehead atoms. The first-order valence-electron chi connectivity index (χ1n) is 4.53. The molecule has 1 aromatic rings. The second-order valence-corrected chi connectivity index (χ2v) is 3.61. The van der Waals surface area contributed by atoms with Gasteiger partial charge in [-0.25, -0.2) is 0 Å². The van der Waals surface area contributed by atoms with Crippen molar-refractivity contribution < 1.29 is 9.90 Å². The van der Waals surface area contributed by atoms with Gasteiger partial charge in [0.2, 0.25) is 0 Å². The van der Waals surface area contributed by atoms with Crippen LogP contribution >= 0.6 is 0 Å². The highest BCUT2D eigenvalue weighted by Crippen LogP contribution is 2.23. The smallest absolute Gasteiger partial charge is 0.310 e. The average Bonchev–Trinajstić information content (AvgIpc) is 2.12. The van der Waals surface area contributed by atoms with E-state index in [0.717, 1.165) is 16.7 Å². The van der Waals surface area contributed by atoms with Gasteiger partial charge in [0, 0.05) is 5.69 Å². The highest BCUT2D eigenvalue weighted by molar-refractivity contribution is 5.76. The van der Waals surface area contributed by atoms with Crippen LogP contribution in [-0.2, 0) is 4.79 Å². The van der Waals surface area contributed by atoms with E-state index in [0.29, 0.717) is 5.69 Å². The van der Waals surface area contributed by atoms with Gasteiger partial charge in [0.25, 0.3) is 0 Å². The first-order valence-corrected chi connectivity index (χ1v) is 4.53. The Hall–Kier alpha value is -1.51. The van der Waals surface area contributed by atoms with Crippen molar-refractivity contribution >= 4 is 11.7 Å². The fourth-order valence-corrected chi connectivity index (χ4v) is 1.31. The lowest BCUT2D eigenvalue weighted by Crippen LogP contribution is -2.08.